The molecule has 1 atom stereocenters. The van der Waals surface area contributed by atoms with Crippen LogP contribution in [0.5, 0.6) is 0 Å². The number of aromatic amines is 1. The van der Waals surface area contributed by atoms with Crippen LogP contribution >= 0.6 is 0 Å². The Morgan fingerprint density at radius 2 is 2.09 bits per heavy atom. The van der Waals surface area contributed by atoms with Gasteiger partial charge < -0.3 is 20.9 Å². The fraction of sp³-hybridized carbons (Fsp3) is 0.280. The summed E-state index contributed by atoms with van der Waals surface area (Å²) in [5, 5.41) is 9.34. The number of rotatable bonds is 4. The van der Waals surface area contributed by atoms with Crippen LogP contribution in [0.4, 0.5) is 5.69 Å². The first-order chi connectivity index (χ1) is 16.0. The van der Waals surface area contributed by atoms with E-state index in [1.54, 1.807) is 12.4 Å². The van der Waals surface area contributed by atoms with Gasteiger partial charge in [0.25, 0.3) is 5.91 Å². The van der Waals surface area contributed by atoms with Crippen LogP contribution in [-0.2, 0) is 10.2 Å². The number of carbonyl (C=O) groups excluding carboxylic acids is 2. The van der Waals surface area contributed by atoms with Gasteiger partial charge in [0, 0.05) is 53.4 Å². The summed E-state index contributed by atoms with van der Waals surface area (Å²) in [7, 11) is 0. The minimum Gasteiger partial charge on any atom is -0.357 e. The molecule has 0 aromatic carbocycles. The monoisotopic (exact) mass is 442 g/mol. The molecule has 5 rings (SSSR count). The second-order valence-electron chi connectivity index (χ2n) is 8.70. The Labute approximate surface area is 191 Å². The minimum absolute atomic E-state index is 0.0386. The summed E-state index contributed by atoms with van der Waals surface area (Å²) in [6, 6.07) is 7.67. The number of carbonyl (C=O) groups is 2. The van der Waals surface area contributed by atoms with Gasteiger partial charge in [-0.25, -0.2) is 0 Å². The maximum absolute atomic E-state index is 12.6. The number of aromatic nitrogens is 3. The number of nitrogens with zero attached hydrogens (tertiary/aromatic N) is 2. The summed E-state index contributed by atoms with van der Waals surface area (Å²) in [6.45, 7) is 7.82. The van der Waals surface area contributed by atoms with Crippen LogP contribution in [0.15, 0.2) is 49.3 Å². The number of nitrogens with one attached hydrogen (secondary N) is 4. The average molecular weight is 443 g/mol. The third kappa shape index (κ3) is 3.82. The normalized spacial score (nSPS) is 19.6. The summed E-state index contributed by atoms with van der Waals surface area (Å²) in [6.07, 6.45) is 6.81. The second kappa shape index (κ2) is 8.29. The molecule has 2 aliphatic heterocycles. The third-order valence-corrected chi connectivity index (χ3v) is 6.55. The molecule has 0 radical (unpaired) electrons. The molecule has 2 amide bonds. The fourth-order valence-corrected chi connectivity index (χ4v) is 4.71. The highest BCUT2D eigenvalue weighted by molar-refractivity contribution is 6.00. The molecule has 1 unspecified atom stereocenters. The molecule has 4 N–H and O–H groups in total. The van der Waals surface area contributed by atoms with Crippen molar-refractivity contribution in [3.63, 3.8) is 0 Å². The van der Waals surface area contributed by atoms with E-state index in [4.69, 9.17) is 0 Å². The van der Waals surface area contributed by atoms with E-state index in [-0.39, 0.29) is 17.2 Å². The number of H-pyrrole nitrogens is 1. The zero-order chi connectivity index (χ0) is 23.0. The molecule has 8 nitrogen and oxygen atoms in total. The Hall–Kier alpha value is -3.78. The van der Waals surface area contributed by atoms with E-state index in [0.29, 0.717) is 23.5 Å². The lowest BCUT2D eigenvalue weighted by molar-refractivity contribution is -0.111. The Morgan fingerprint density at radius 1 is 1.21 bits per heavy atom. The Bertz CT molecular complexity index is 1260. The largest absolute Gasteiger partial charge is 0.357 e. The number of fused-ring (bicyclic) bond motifs is 2. The number of aryl methyl sites for hydroxylation is 1. The highest BCUT2D eigenvalue weighted by atomic mass is 16.2. The molecule has 2 aliphatic rings. The zero-order valence-electron chi connectivity index (χ0n) is 18.5. The van der Waals surface area contributed by atoms with E-state index >= 15 is 0 Å². The summed E-state index contributed by atoms with van der Waals surface area (Å²) >= 11 is 0. The number of amides is 2. The van der Waals surface area contributed by atoms with Gasteiger partial charge >= 0.3 is 0 Å². The average Bonchev–Trinajstić information content (AvgIpc) is 3.31. The van der Waals surface area contributed by atoms with Crippen molar-refractivity contribution in [3.8, 4) is 22.5 Å². The Balaban J connectivity index is 1.52. The molecule has 8 heteroatoms. The third-order valence-electron chi connectivity index (χ3n) is 6.55. The highest BCUT2D eigenvalue weighted by Crippen LogP contribution is 2.38. The van der Waals surface area contributed by atoms with E-state index in [1.165, 1.54) is 6.08 Å². The van der Waals surface area contributed by atoms with Gasteiger partial charge in [0.15, 0.2) is 0 Å². The quantitative estimate of drug-likeness (QED) is 0.464. The van der Waals surface area contributed by atoms with Crippen LogP contribution < -0.4 is 16.0 Å². The Kier molecular flexibility index (Phi) is 5.30. The molecule has 1 saturated heterocycles. The molecule has 0 bridgehead atoms. The van der Waals surface area contributed by atoms with Crippen molar-refractivity contribution in [2.45, 2.75) is 25.2 Å². The van der Waals surface area contributed by atoms with Crippen molar-refractivity contribution in [3.05, 3.63) is 66.3 Å². The number of piperidine rings is 1. The second-order valence-corrected chi connectivity index (χ2v) is 8.70. The van der Waals surface area contributed by atoms with Crippen LogP contribution in [0.3, 0.4) is 0 Å². The van der Waals surface area contributed by atoms with Crippen molar-refractivity contribution >= 4 is 17.5 Å². The molecular formula is C25H26N6O2. The molecule has 3 aromatic rings. The smallest absolute Gasteiger partial charge is 0.253 e. The lowest BCUT2D eigenvalue weighted by atomic mass is 9.74. The van der Waals surface area contributed by atoms with E-state index < -0.39 is 0 Å². The van der Waals surface area contributed by atoms with E-state index in [9.17, 15) is 9.59 Å². The molecule has 5 heterocycles. The molecule has 33 heavy (non-hydrogen) atoms. The minimum atomic E-state index is -0.292. The van der Waals surface area contributed by atoms with Gasteiger partial charge in [-0.15, -0.1) is 0 Å². The first kappa shape index (κ1) is 21.1. The predicted molar refractivity (Wildman–Crippen MR) is 127 cm³/mol. The number of hydrogen-bond donors (Lipinski definition) is 4. The van der Waals surface area contributed by atoms with Gasteiger partial charge in [0.2, 0.25) is 5.91 Å². The van der Waals surface area contributed by atoms with E-state index in [2.05, 4.69) is 37.5 Å². The van der Waals surface area contributed by atoms with Crippen LogP contribution in [-0.4, -0.2) is 46.4 Å². The van der Waals surface area contributed by atoms with Gasteiger partial charge in [-0.1, -0.05) is 6.58 Å². The molecule has 0 saturated carbocycles. The SMILES string of the molecule is C=CC(=O)Nc1cc(-c2cc(-c3cc4c([nH]3)C3(CCCNC3)CNC4=O)ccn2)cnc1C. The van der Waals surface area contributed by atoms with Gasteiger partial charge in [0.05, 0.1) is 22.6 Å². The molecule has 0 aliphatic carbocycles. The van der Waals surface area contributed by atoms with Crippen molar-refractivity contribution < 1.29 is 9.59 Å². The van der Waals surface area contributed by atoms with Gasteiger partial charge in [-0.2, -0.15) is 0 Å². The van der Waals surface area contributed by atoms with Gasteiger partial charge in [-0.3, -0.25) is 19.6 Å². The maximum Gasteiger partial charge on any atom is 0.253 e. The fourth-order valence-electron chi connectivity index (χ4n) is 4.71. The zero-order valence-corrected chi connectivity index (χ0v) is 18.5. The van der Waals surface area contributed by atoms with Crippen LogP contribution in [0, 0.1) is 6.92 Å². The van der Waals surface area contributed by atoms with Crippen molar-refractivity contribution in [1.29, 1.82) is 0 Å². The standard InChI is InChI=1S/C25H26N6O2/c1-3-22(32)30-19-10-17(12-28-15(19)2)20-9-16(5-8-27-20)21-11-18-23(31-21)25(14-29-24(18)33)6-4-7-26-13-25/h3,5,8-12,26,31H,1,4,6-7,13-14H2,2H3,(H,29,33)(H,30,32). The first-order valence-corrected chi connectivity index (χ1v) is 11.1. The van der Waals surface area contributed by atoms with Crippen molar-refractivity contribution in [2.75, 3.05) is 25.0 Å². The maximum atomic E-state index is 12.6. The highest BCUT2D eigenvalue weighted by Gasteiger charge is 2.42. The molecule has 1 spiro atoms. The number of anilines is 1. The lowest BCUT2D eigenvalue weighted by Gasteiger charge is -2.40. The molecule has 3 aromatic heterocycles. The number of pyridine rings is 2. The van der Waals surface area contributed by atoms with Crippen LogP contribution in [0.25, 0.3) is 22.5 Å². The summed E-state index contributed by atoms with van der Waals surface area (Å²) in [4.78, 5) is 36.8. The summed E-state index contributed by atoms with van der Waals surface area (Å²) < 4.78 is 0. The van der Waals surface area contributed by atoms with Crippen molar-refractivity contribution in [2.24, 2.45) is 0 Å². The van der Waals surface area contributed by atoms with Crippen molar-refractivity contribution in [1.82, 2.24) is 25.6 Å². The van der Waals surface area contributed by atoms with E-state index in [0.717, 1.165) is 54.1 Å². The topological polar surface area (TPSA) is 112 Å². The predicted octanol–water partition coefficient (Wildman–Crippen LogP) is 2.94. The number of hydrogen-bond acceptors (Lipinski definition) is 5. The first-order valence-electron chi connectivity index (χ1n) is 11.1. The summed E-state index contributed by atoms with van der Waals surface area (Å²) in [5.74, 6) is -0.330. The lowest BCUT2D eigenvalue weighted by Crippen LogP contribution is -2.54. The van der Waals surface area contributed by atoms with Gasteiger partial charge in [-0.05, 0) is 56.7 Å². The van der Waals surface area contributed by atoms with Crippen LogP contribution in [0.2, 0.25) is 0 Å². The molecule has 168 valence electrons. The molecule has 1 fully saturated rings. The summed E-state index contributed by atoms with van der Waals surface area (Å²) in [5.41, 5.74) is 6.26. The Morgan fingerprint density at radius 3 is 2.88 bits per heavy atom. The van der Waals surface area contributed by atoms with E-state index in [1.807, 2.05) is 31.2 Å². The molecular weight excluding hydrogens is 416 g/mol. The van der Waals surface area contributed by atoms with Crippen LogP contribution in [0.1, 0.15) is 34.6 Å². The van der Waals surface area contributed by atoms with Gasteiger partial charge in [0.1, 0.15) is 0 Å².